The fourth-order valence-electron chi connectivity index (χ4n) is 7.05. The first-order chi connectivity index (χ1) is 27.7. The fraction of sp³-hybridized carbons (Fsp3) is 0.957. The molecule has 0 aromatic carbocycles. The molecule has 0 radical (unpaired) electrons. The number of phosphoric ester groups is 1. The Labute approximate surface area is 350 Å². The molecule has 340 valence electrons. The Kier molecular flexibility index (Phi) is 42.3. The van der Waals surface area contributed by atoms with Gasteiger partial charge < -0.3 is 24.6 Å². The van der Waals surface area contributed by atoms with Crippen LogP contribution in [-0.2, 0) is 32.7 Å². The van der Waals surface area contributed by atoms with Gasteiger partial charge in [-0.25, -0.2) is 4.57 Å². The first-order valence-electron chi connectivity index (χ1n) is 24.0. The van der Waals surface area contributed by atoms with Crippen LogP contribution in [0.1, 0.15) is 245 Å². The van der Waals surface area contributed by atoms with Gasteiger partial charge in [0.15, 0.2) is 6.10 Å². The van der Waals surface area contributed by atoms with E-state index in [0.717, 1.165) is 32.1 Å². The first-order valence-corrected chi connectivity index (χ1v) is 25.5. The summed E-state index contributed by atoms with van der Waals surface area (Å²) in [6, 6.07) is 0. The van der Waals surface area contributed by atoms with E-state index in [0.29, 0.717) is 12.8 Å². The Morgan fingerprint density at radius 2 is 0.754 bits per heavy atom. The van der Waals surface area contributed by atoms with Gasteiger partial charge in [0, 0.05) is 12.8 Å². The Bertz CT molecular complexity index is 920. The lowest BCUT2D eigenvalue weighted by atomic mass is 10.0. The molecule has 57 heavy (non-hydrogen) atoms. The number of carbonyl (C=O) groups is 2. The molecule has 0 rings (SSSR count). The highest BCUT2D eigenvalue weighted by Gasteiger charge is 2.27. The smallest absolute Gasteiger partial charge is 0.462 e. The highest BCUT2D eigenvalue weighted by molar-refractivity contribution is 7.47. The molecule has 0 amide bonds. The van der Waals surface area contributed by atoms with Gasteiger partial charge in [-0.3, -0.25) is 18.6 Å². The lowest BCUT2D eigenvalue weighted by Gasteiger charge is -2.20. The number of carbonyl (C=O) groups excluding carboxylic acids is 2. The van der Waals surface area contributed by atoms with Crippen LogP contribution in [0.4, 0.5) is 0 Å². The van der Waals surface area contributed by atoms with Crippen molar-refractivity contribution < 1.29 is 47.8 Å². The average Bonchev–Trinajstić information content (AvgIpc) is 3.20. The second-order valence-corrected chi connectivity index (χ2v) is 18.0. The van der Waals surface area contributed by atoms with Gasteiger partial charge in [0.2, 0.25) is 0 Å². The molecule has 11 heteroatoms. The zero-order chi connectivity index (χ0) is 41.9. The van der Waals surface area contributed by atoms with Crippen LogP contribution in [0.15, 0.2) is 0 Å². The topological polar surface area (TPSA) is 149 Å². The van der Waals surface area contributed by atoms with Crippen molar-refractivity contribution in [1.29, 1.82) is 0 Å². The third-order valence-electron chi connectivity index (χ3n) is 10.8. The predicted octanol–water partition coefficient (Wildman–Crippen LogP) is 13.0. The summed E-state index contributed by atoms with van der Waals surface area (Å²) in [6.45, 7) is 2.44. The largest absolute Gasteiger partial charge is 0.472 e. The fourth-order valence-corrected chi connectivity index (χ4v) is 7.84. The van der Waals surface area contributed by atoms with Gasteiger partial charge in [0.25, 0.3) is 0 Å². The molecule has 0 aliphatic heterocycles. The van der Waals surface area contributed by atoms with Gasteiger partial charge in [-0.05, 0) is 12.8 Å². The highest BCUT2D eigenvalue weighted by atomic mass is 31.2. The minimum absolute atomic E-state index is 0.193. The second-order valence-electron chi connectivity index (χ2n) is 16.5. The minimum Gasteiger partial charge on any atom is -0.462 e. The number of ether oxygens (including phenoxy) is 2. The van der Waals surface area contributed by atoms with Gasteiger partial charge in [-0.15, -0.1) is 0 Å². The number of esters is 2. The molecule has 0 saturated heterocycles. The molecular weight excluding hydrogens is 743 g/mol. The monoisotopic (exact) mass is 835 g/mol. The predicted molar refractivity (Wildman–Crippen MR) is 233 cm³/mol. The lowest BCUT2D eigenvalue weighted by Crippen LogP contribution is -2.29. The van der Waals surface area contributed by atoms with Gasteiger partial charge in [0.05, 0.1) is 19.8 Å². The SMILES string of the molecule is CCCCCCCCCCCCCCCCCCCCCC(=O)O[C@H](COC(=O)CCCCCCCCCCCCCCCCC)COP(=O)(O)OC[C@@H](O)CO. The van der Waals surface area contributed by atoms with E-state index in [2.05, 4.69) is 13.8 Å². The highest BCUT2D eigenvalue weighted by Crippen LogP contribution is 2.43. The van der Waals surface area contributed by atoms with Crippen molar-refractivity contribution in [3.63, 3.8) is 0 Å². The molecule has 0 spiro atoms. The van der Waals surface area contributed by atoms with E-state index < -0.39 is 51.8 Å². The van der Waals surface area contributed by atoms with Crippen molar-refractivity contribution in [3.8, 4) is 0 Å². The maximum absolute atomic E-state index is 12.6. The van der Waals surface area contributed by atoms with Crippen LogP contribution in [0.25, 0.3) is 0 Å². The van der Waals surface area contributed by atoms with Crippen molar-refractivity contribution in [2.75, 3.05) is 26.4 Å². The molecule has 0 heterocycles. The molecule has 0 bridgehead atoms. The number of phosphoric acid groups is 1. The van der Waals surface area contributed by atoms with Crippen molar-refractivity contribution in [3.05, 3.63) is 0 Å². The normalized spacial score (nSPS) is 13.7. The van der Waals surface area contributed by atoms with E-state index in [9.17, 15) is 24.2 Å². The summed E-state index contributed by atoms with van der Waals surface area (Å²) >= 11 is 0. The Balaban J connectivity index is 4.17. The molecule has 0 aromatic heterocycles. The van der Waals surface area contributed by atoms with E-state index in [1.54, 1.807) is 0 Å². The maximum Gasteiger partial charge on any atom is 0.472 e. The molecular formula is C46H91O10P. The molecule has 10 nitrogen and oxygen atoms in total. The Morgan fingerprint density at radius 3 is 1.09 bits per heavy atom. The third-order valence-corrected chi connectivity index (χ3v) is 11.7. The number of unbranched alkanes of at least 4 members (excludes halogenated alkanes) is 32. The summed E-state index contributed by atoms with van der Waals surface area (Å²) in [4.78, 5) is 35.1. The van der Waals surface area contributed by atoms with Crippen molar-refractivity contribution in [2.45, 2.75) is 257 Å². The summed E-state index contributed by atoms with van der Waals surface area (Å²) < 4.78 is 32.8. The third kappa shape index (κ3) is 42.9. The summed E-state index contributed by atoms with van der Waals surface area (Å²) in [5, 5.41) is 18.4. The molecule has 3 N–H and O–H groups in total. The Hall–Kier alpha value is -1.03. The number of rotatable bonds is 46. The molecule has 0 aliphatic carbocycles. The van der Waals surface area contributed by atoms with E-state index >= 15 is 0 Å². The van der Waals surface area contributed by atoms with Crippen LogP contribution >= 0.6 is 7.82 Å². The number of aliphatic hydroxyl groups is 2. The van der Waals surface area contributed by atoms with Gasteiger partial charge in [-0.2, -0.15) is 0 Å². The zero-order valence-corrected chi connectivity index (χ0v) is 38.0. The van der Waals surface area contributed by atoms with Crippen molar-refractivity contribution in [1.82, 2.24) is 0 Å². The Morgan fingerprint density at radius 1 is 0.456 bits per heavy atom. The van der Waals surface area contributed by atoms with Crippen molar-refractivity contribution in [2.24, 2.45) is 0 Å². The minimum atomic E-state index is -4.61. The van der Waals surface area contributed by atoms with E-state index in [-0.39, 0.29) is 19.4 Å². The van der Waals surface area contributed by atoms with Gasteiger partial charge in [-0.1, -0.05) is 219 Å². The zero-order valence-electron chi connectivity index (χ0n) is 37.1. The second kappa shape index (κ2) is 43.1. The summed E-state index contributed by atoms with van der Waals surface area (Å²) in [6.07, 6.45) is 40.6. The number of hydrogen-bond donors (Lipinski definition) is 3. The summed E-state index contributed by atoms with van der Waals surface area (Å²) in [5.74, 6) is -0.905. The molecule has 0 aromatic rings. The van der Waals surface area contributed by atoms with Gasteiger partial charge >= 0.3 is 19.8 Å². The average molecular weight is 835 g/mol. The first kappa shape index (κ1) is 56.0. The van der Waals surface area contributed by atoms with Gasteiger partial charge in [0.1, 0.15) is 12.7 Å². The quantitative estimate of drug-likeness (QED) is 0.0307. The standard InChI is InChI=1S/C46H91O10P/c1-3-5-7-9-11-13-15-17-19-20-21-22-24-26-28-30-32-34-36-38-46(50)56-44(42-55-57(51,52)54-40-43(48)39-47)41-53-45(49)37-35-33-31-29-27-25-23-18-16-14-12-10-8-6-4-2/h43-44,47-48H,3-42H2,1-2H3,(H,51,52)/t43-,44+/m0/s1. The summed E-state index contributed by atoms with van der Waals surface area (Å²) in [5.41, 5.74) is 0. The molecule has 0 saturated carbocycles. The van der Waals surface area contributed by atoms with Crippen molar-refractivity contribution >= 4 is 19.8 Å². The van der Waals surface area contributed by atoms with Crippen LogP contribution in [0, 0.1) is 0 Å². The molecule has 0 fully saturated rings. The van der Waals surface area contributed by atoms with Crippen LogP contribution in [0.3, 0.4) is 0 Å². The van der Waals surface area contributed by atoms with Crippen LogP contribution in [0.5, 0.6) is 0 Å². The van der Waals surface area contributed by atoms with E-state index in [1.807, 2.05) is 0 Å². The van der Waals surface area contributed by atoms with Crippen LogP contribution in [-0.4, -0.2) is 65.7 Å². The summed E-state index contributed by atoms with van der Waals surface area (Å²) in [7, 11) is -4.61. The number of hydrogen-bond acceptors (Lipinski definition) is 9. The van der Waals surface area contributed by atoms with Crippen LogP contribution in [0.2, 0.25) is 0 Å². The van der Waals surface area contributed by atoms with E-state index in [4.69, 9.17) is 23.6 Å². The molecule has 0 aliphatic rings. The maximum atomic E-state index is 12.6. The lowest BCUT2D eigenvalue weighted by molar-refractivity contribution is -0.161. The van der Waals surface area contributed by atoms with E-state index in [1.165, 1.54) is 173 Å². The van der Waals surface area contributed by atoms with Crippen LogP contribution < -0.4 is 0 Å². The number of aliphatic hydroxyl groups excluding tert-OH is 2. The molecule has 1 unspecified atom stereocenters. The molecule has 3 atom stereocenters.